The van der Waals surface area contributed by atoms with Crippen molar-refractivity contribution in [1.82, 2.24) is 9.99 Å². The molecule has 0 aliphatic carbocycles. The van der Waals surface area contributed by atoms with Crippen LogP contribution in [0.4, 0.5) is 0 Å². The second-order valence-corrected chi connectivity index (χ2v) is 14.2. The van der Waals surface area contributed by atoms with Crippen molar-refractivity contribution in [2.45, 2.75) is 20.0 Å². The standard InChI is InChI=1S/C31H22N2O.C14H16N2O.C7H8/c32-19-22-7-6-12-30-31(22)26-17-20(14-16-29(26)34-30)21-13-15-25-24-10-4-5-11-27(24)33(28(25)18-21)23-8-2-1-3-9-23;1-17-14-5-3-2-4-13(14)12-8-6-11(7-9-12)10-16-15;1-7-5-3-2-4-6-7/h1-18H,19,32H2;2-9,16H,10,15H2,1H3;2-6H,1H3. The van der Waals surface area contributed by atoms with E-state index in [9.17, 15) is 0 Å². The Bertz CT molecular complexity index is 2930. The topological polar surface area (TPSA) is 91.4 Å². The molecule has 0 fully saturated rings. The van der Waals surface area contributed by atoms with Crippen LogP contribution in [0.25, 0.3) is 71.7 Å². The molecule has 0 aliphatic rings. The lowest BCUT2D eigenvalue weighted by atomic mass is 10.00. The molecule has 6 nitrogen and oxygen atoms in total. The van der Waals surface area contributed by atoms with Crippen molar-refractivity contribution in [2.24, 2.45) is 11.6 Å². The minimum absolute atomic E-state index is 0.485. The van der Waals surface area contributed by atoms with Gasteiger partial charge in [0.1, 0.15) is 16.9 Å². The number of benzene rings is 8. The highest BCUT2D eigenvalue weighted by Gasteiger charge is 2.15. The largest absolute Gasteiger partial charge is 0.496 e. The first kappa shape index (κ1) is 37.9. The van der Waals surface area contributed by atoms with Gasteiger partial charge in [0.2, 0.25) is 0 Å². The summed E-state index contributed by atoms with van der Waals surface area (Å²) in [6.07, 6.45) is 0. The molecule has 10 aromatic rings. The molecule has 0 atom stereocenters. The summed E-state index contributed by atoms with van der Waals surface area (Å²) in [5.74, 6) is 6.17. The van der Waals surface area contributed by atoms with Gasteiger partial charge in [0.15, 0.2) is 0 Å². The van der Waals surface area contributed by atoms with E-state index in [2.05, 4.69) is 156 Å². The van der Waals surface area contributed by atoms with E-state index in [1.165, 1.54) is 32.9 Å². The number of nitrogens with two attached hydrogens (primary N) is 2. The van der Waals surface area contributed by atoms with Gasteiger partial charge in [0.25, 0.3) is 0 Å². The van der Waals surface area contributed by atoms with Crippen LogP contribution in [0, 0.1) is 6.92 Å². The zero-order valence-corrected chi connectivity index (χ0v) is 32.7. The normalized spacial score (nSPS) is 11.0. The smallest absolute Gasteiger partial charge is 0.135 e. The zero-order chi connectivity index (χ0) is 39.8. The molecule has 0 aliphatic heterocycles. The average molecular weight is 759 g/mol. The molecule has 5 N–H and O–H groups in total. The van der Waals surface area contributed by atoms with Gasteiger partial charge in [-0.25, -0.2) is 0 Å². The minimum Gasteiger partial charge on any atom is -0.496 e. The molecule has 6 heteroatoms. The molecule has 10 rings (SSSR count). The molecule has 0 saturated heterocycles. The molecule has 0 amide bonds. The lowest BCUT2D eigenvalue weighted by Crippen LogP contribution is -2.20. The Morgan fingerprint density at radius 2 is 1.22 bits per heavy atom. The van der Waals surface area contributed by atoms with E-state index in [0.29, 0.717) is 13.1 Å². The third kappa shape index (κ3) is 7.85. The third-order valence-corrected chi connectivity index (χ3v) is 10.4. The van der Waals surface area contributed by atoms with E-state index in [4.69, 9.17) is 20.7 Å². The fourth-order valence-electron chi connectivity index (χ4n) is 7.59. The van der Waals surface area contributed by atoms with Crippen molar-refractivity contribution in [2.75, 3.05) is 7.11 Å². The summed E-state index contributed by atoms with van der Waals surface area (Å²) in [4.78, 5) is 0. The van der Waals surface area contributed by atoms with Crippen molar-refractivity contribution in [1.29, 1.82) is 0 Å². The first-order chi connectivity index (χ1) is 28.6. The van der Waals surface area contributed by atoms with E-state index in [1.54, 1.807) is 7.11 Å². The number of hydrazine groups is 1. The monoisotopic (exact) mass is 758 g/mol. The summed E-state index contributed by atoms with van der Waals surface area (Å²) in [5, 5.41) is 4.74. The predicted molar refractivity (Wildman–Crippen MR) is 242 cm³/mol. The van der Waals surface area contributed by atoms with Gasteiger partial charge in [-0.3, -0.25) is 11.3 Å². The van der Waals surface area contributed by atoms with Crippen molar-refractivity contribution in [3.05, 3.63) is 205 Å². The Hall–Kier alpha value is -6.96. The zero-order valence-electron chi connectivity index (χ0n) is 32.7. The molecular formula is C52H46N4O2. The van der Waals surface area contributed by atoms with Crippen LogP contribution in [0.3, 0.4) is 0 Å². The maximum Gasteiger partial charge on any atom is 0.135 e. The molecule has 0 spiro atoms. The second-order valence-electron chi connectivity index (χ2n) is 14.2. The number of rotatable bonds is 7. The van der Waals surface area contributed by atoms with Crippen LogP contribution in [0.5, 0.6) is 5.75 Å². The first-order valence-corrected chi connectivity index (χ1v) is 19.5. The third-order valence-electron chi connectivity index (χ3n) is 10.4. The SMILES string of the molecule is COc1ccccc1-c1ccc(CNN)cc1.Cc1ccccc1.NCc1cccc2oc3ccc(-c4ccc5c6ccccc6n(-c6ccccc6)c5c4)cc3c12. The van der Waals surface area contributed by atoms with E-state index >= 15 is 0 Å². The fraction of sp³-hybridized carbons (Fsp3) is 0.0769. The number of fused-ring (bicyclic) bond motifs is 6. The Labute approximate surface area is 338 Å². The number of nitrogens with zero attached hydrogens (tertiary/aromatic N) is 1. The van der Waals surface area contributed by atoms with Crippen molar-refractivity contribution < 1.29 is 9.15 Å². The van der Waals surface area contributed by atoms with E-state index in [-0.39, 0.29) is 0 Å². The molecular weight excluding hydrogens is 713 g/mol. The molecule has 2 aromatic heterocycles. The molecule has 2 heterocycles. The predicted octanol–water partition coefficient (Wildman–Crippen LogP) is 12.1. The van der Waals surface area contributed by atoms with Gasteiger partial charge in [-0.05, 0) is 83.3 Å². The van der Waals surface area contributed by atoms with E-state index in [0.717, 1.165) is 61.2 Å². The summed E-state index contributed by atoms with van der Waals surface area (Å²) in [5.41, 5.74) is 22.2. The summed E-state index contributed by atoms with van der Waals surface area (Å²) in [6, 6.07) is 65.0. The highest BCUT2D eigenvalue weighted by atomic mass is 16.5. The number of nitrogens with one attached hydrogen (secondary N) is 1. The molecule has 0 unspecified atom stereocenters. The van der Waals surface area contributed by atoms with Gasteiger partial charge < -0.3 is 19.5 Å². The van der Waals surface area contributed by atoms with Crippen LogP contribution < -0.4 is 21.7 Å². The van der Waals surface area contributed by atoms with Gasteiger partial charge in [-0.2, -0.15) is 0 Å². The first-order valence-electron chi connectivity index (χ1n) is 19.5. The van der Waals surface area contributed by atoms with Gasteiger partial charge >= 0.3 is 0 Å². The summed E-state index contributed by atoms with van der Waals surface area (Å²) in [6.45, 7) is 3.24. The molecule has 8 aromatic carbocycles. The lowest BCUT2D eigenvalue weighted by molar-refractivity contribution is 0.416. The Kier molecular flexibility index (Phi) is 11.4. The number of methoxy groups -OCH3 is 1. The summed E-state index contributed by atoms with van der Waals surface area (Å²) < 4.78 is 13.8. The van der Waals surface area contributed by atoms with Gasteiger partial charge in [0.05, 0.1) is 18.1 Å². The molecule has 286 valence electrons. The van der Waals surface area contributed by atoms with E-state index in [1.807, 2.05) is 48.5 Å². The number of aryl methyl sites for hydroxylation is 1. The number of hydrogen-bond acceptors (Lipinski definition) is 5. The maximum atomic E-state index is 6.11. The van der Waals surface area contributed by atoms with Crippen LogP contribution in [-0.2, 0) is 13.1 Å². The van der Waals surface area contributed by atoms with Crippen LogP contribution in [0.15, 0.2) is 192 Å². The van der Waals surface area contributed by atoms with Crippen LogP contribution in [0.2, 0.25) is 0 Å². The van der Waals surface area contributed by atoms with Crippen molar-refractivity contribution >= 4 is 43.7 Å². The fourth-order valence-corrected chi connectivity index (χ4v) is 7.59. The number of furan rings is 1. The number of para-hydroxylation sites is 3. The summed E-state index contributed by atoms with van der Waals surface area (Å²) in [7, 11) is 1.69. The Morgan fingerprint density at radius 1 is 0.569 bits per heavy atom. The summed E-state index contributed by atoms with van der Waals surface area (Å²) >= 11 is 0. The molecule has 0 saturated carbocycles. The molecule has 58 heavy (non-hydrogen) atoms. The minimum atomic E-state index is 0.485. The van der Waals surface area contributed by atoms with Crippen LogP contribution in [-0.4, -0.2) is 11.7 Å². The highest BCUT2D eigenvalue weighted by molar-refractivity contribution is 6.11. The maximum absolute atomic E-state index is 6.11. The van der Waals surface area contributed by atoms with Gasteiger partial charge in [-0.1, -0.05) is 145 Å². The van der Waals surface area contributed by atoms with Crippen molar-refractivity contribution in [3.63, 3.8) is 0 Å². The van der Waals surface area contributed by atoms with Gasteiger partial charge in [-0.15, -0.1) is 0 Å². The number of aromatic nitrogens is 1. The van der Waals surface area contributed by atoms with Crippen LogP contribution in [0.1, 0.15) is 16.7 Å². The quantitative estimate of drug-likeness (QED) is 0.111. The average Bonchev–Trinajstić information content (AvgIpc) is 3.83. The molecule has 0 radical (unpaired) electrons. The molecule has 0 bridgehead atoms. The second kappa shape index (κ2) is 17.5. The Balaban J connectivity index is 0.000000162. The van der Waals surface area contributed by atoms with Gasteiger partial charge in [0, 0.05) is 45.9 Å². The Morgan fingerprint density at radius 3 is 1.95 bits per heavy atom. The number of ether oxygens (including phenoxy) is 1. The van der Waals surface area contributed by atoms with Crippen molar-refractivity contribution in [3.8, 4) is 33.7 Å². The lowest BCUT2D eigenvalue weighted by Gasteiger charge is -2.09. The number of hydrogen-bond donors (Lipinski definition) is 3. The van der Waals surface area contributed by atoms with E-state index < -0.39 is 0 Å². The van der Waals surface area contributed by atoms with Crippen LogP contribution >= 0.6 is 0 Å². The highest BCUT2D eigenvalue weighted by Crippen LogP contribution is 2.38.